The van der Waals surface area contributed by atoms with Crippen LogP contribution < -0.4 is 0 Å². The van der Waals surface area contributed by atoms with Crippen molar-refractivity contribution >= 4 is 16.9 Å². The van der Waals surface area contributed by atoms with E-state index in [-0.39, 0.29) is 22.5 Å². The van der Waals surface area contributed by atoms with Crippen LogP contribution in [0.15, 0.2) is 54.6 Å². The summed E-state index contributed by atoms with van der Waals surface area (Å²) in [6.45, 7) is 2.86. The summed E-state index contributed by atoms with van der Waals surface area (Å²) in [6, 6.07) is 11.8. The first-order valence-electron chi connectivity index (χ1n) is 11.1. The van der Waals surface area contributed by atoms with Gasteiger partial charge in [0.05, 0.1) is 23.1 Å². The molecule has 1 atom stereocenters. The van der Waals surface area contributed by atoms with E-state index in [1.807, 2.05) is 6.92 Å². The Kier molecular flexibility index (Phi) is 5.56. The number of hydrogen-bond acceptors (Lipinski definition) is 3. The lowest BCUT2D eigenvalue weighted by Crippen LogP contribution is -2.35. The number of hydrogen-bond donors (Lipinski definition) is 2. The van der Waals surface area contributed by atoms with E-state index >= 15 is 0 Å². The maximum absolute atomic E-state index is 14.6. The molecule has 2 heterocycles. The Labute approximate surface area is 199 Å². The van der Waals surface area contributed by atoms with Gasteiger partial charge in [0.15, 0.2) is 11.6 Å². The lowest BCUT2D eigenvalue weighted by molar-refractivity contribution is 0.0399. The van der Waals surface area contributed by atoms with E-state index in [0.29, 0.717) is 41.8 Å². The molecule has 0 spiro atoms. The van der Waals surface area contributed by atoms with Gasteiger partial charge in [-0.25, -0.2) is 18.0 Å². The molecule has 0 saturated carbocycles. The first-order valence-corrected chi connectivity index (χ1v) is 11.1. The monoisotopic (exact) mass is 481 g/mol. The molecule has 1 saturated heterocycles. The lowest BCUT2D eigenvalue weighted by atomic mass is 9.78. The number of fused-ring (bicyclic) bond motifs is 1. The predicted octanol–water partition coefficient (Wildman–Crippen LogP) is 6.19. The van der Waals surface area contributed by atoms with Crippen LogP contribution in [-0.2, 0) is 10.2 Å². The number of aromatic hydroxyl groups is 1. The maximum atomic E-state index is 14.6. The number of halogens is 3. The second kappa shape index (κ2) is 8.46. The van der Waals surface area contributed by atoms with E-state index in [1.165, 1.54) is 24.3 Å². The fraction of sp³-hybridized carbons (Fsp3) is 0.222. The number of aromatic carboxylic acids is 1. The van der Waals surface area contributed by atoms with Gasteiger partial charge in [-0.3, -0.25) is 0 Å². The number of ether oxygens (including phenoxy) is 1. The van der Waals surface area contributed by atoms with Gasteiger partial charge in [-0.1, -0.05) is 19.1 Å². The van der Waals surface area contributed by atoms with E-state index < -0.39 is 28.8 Å². The number of rotatable bonds is 4. The third kappa shape index (κ3) is 3.83. The van der Waals surface area contributed by atoms with Crippen molar-refractivity contribution in [3.63, 3.8) is 0 Å². The fourth-order valence-corrected chi connectivity index (χ4v) is 5.01. The average molecular weight is 481 g/mol. The lowest BCUT2D eigenvalue weighted by Gasteiger charge is -2.36. The highest BCUT2D eigenvalue weighted by atomic mass is 19.2. The molecule has 1 unspecified atom stereocenters. The van der Waals surface area contributed by atoms with E-state index in [0.717, 1.165) is 24.6 Å². The second-order valence-electron chi connectivity index (χ2n) is 9.08. The summed E-state index contributed by atoms with van der Waals surface area (Å²) in [6.07, 6.45) is 1.43. The minimum atomic E-state index is -1.08. The number of carboxylic acids is 1. The van der Waals surface area contributed by atoms with Crippen molar-refractivity contribution in [3.8, 4) is 22.6 Å². The SMILES string of the molecule is CC1(c2c(-c3ccc(C(=O)O)cc3)c3c(O)cc(F)cc3n2-c2ccc(F)c(F)c2)CCCOC1. The molecule has 5 nitrogen and oxygen atoms in total. The molecule has 5 rings (SSSR count). The number of aromatic nitrogens is 1. The van der Waals surface area contributed by atoms with Crippen molar-refractivity contribution in [1.29, 1.82) is 0 Å². The first kappa shape index (κ1) is 23.0. The largest absolute Gasteiger partial charge is 0.507 e. The summed E-state index contributed by atoms with van der Waals surface area (Å²) < 4.78 is 50.2. The maximum Gasteiger partial charge on any atom is 0.335 e. The normalized spacial score (nSPS) is 18.2. The third-order valence-corrected chi connectivity index (χ3v) is 6.60. The zero-order valence-electron chi connectivity index (χ0n) is 18.8. The number of nitrogens with zero attached hydrogens (tertiary/aromatic N) is 1. The third-order valence-electron chi connectivity index (χ3n) is 6.60. The van der Waals surface area contributed by atoms with Gasteiger partial charge in [-0.05, 0) is 48.7 Å². The Morgan fingerprint density at radius 2 is 1.77 bits per heavy atom. The highest BCUT2D eigenvalue weighted by Crippen LogP contribution is 2.48. The fourth-order valence-electron chi connectivity index (χ4n) is 5.01. The molecule has 2 N–H and O–H groups in total. The van der Waals surface area contributed by atoms with Crippen LogP contribution in [0.3, 0.4) is 0 Å². The van der Waals surface area contributed by atoms with Crippen LogP contribution in [0.2, 0.25) is 0 Å². The molecule has 0 radical (unpaired) electrons. The summed E-state index contributed by atoms with van der Waals surface area (Å²) in [5.41, 5.74) is 1.74. The van der Waals surface area contributed by atoms with E-state index in [9.17, 15) is 28.2 Å². The molecule has 0 amide bonds. The van der Waals surface area contributed by atoms with Crippen LogP contribution in [-0.4, -0.2) is 34.0 Å². The van der Waals surface area contributed by atoms with E-state index in [4.69, 9.17) is 4.74 Å². The number of carboxylic acid groups (broad SMARTS) is 1. The number of carbonyl (C=O) groups is 1. The van der Waals surface area contributed by atoms with Crippen molar-refractivity contribution < 1.29 is 32.9 Å². The van der Waals surface area contributed by atoms with Crippen molar-refractivity contribution in [2.75, 3.05) is 13.2 Å². The smallest absolute Gasteiger partial charge is 0.335 e. The van der Waals surface area contributed by atoms with Crippen molar-refractivity contribution in [1.82, 2.24) is 4.57 Å². The Morgan fingerprint density at radius 3 is 2.40 bits per heavy atom. The van der Waals surface area contributed by atoms with E-state index in [1.54, 1.807) is 16.7 Å². The Balaban J connectivity index is 1.93. The Bertz CT molecular complexity index is 1450. The molecule has 0 bridgehead atoms. The number of phenolic OH excluding ortho intramolecular Hbond substituents is 1. The molecule has 180 valence electrons. The van der Waals surface area contributed by atoms with Crippen LogP contribution in [0, 0.1) is 17.5 Å². The summed E-state index contributed by atoms with van der Waals surface area (Å²) in [5, 5.41) is 20.5. The topological polar surface area (TPSA) is 71.7 Å². The molecule has 0 aliphatic carbocycles. The molecular formula is C27H22F3NO4. The van der Waals surface area contributed by atoms with Gasteiger partial charge in [0.25, 0.3) is 0 Å². The Hall–Kier alpha value is -3.78. The molecule has 8 heteroatoms. The van der Waals surface area contributed by atoms with Gasteiger partial charge in [-0.15, -0.1) is 0 Å². The van der Waals surface area contributed by atoms with Gasteiger partial charge >= 0.3 is 5.97 Å². The molecule has 1 aliphatic rings. The summed E-state index contributed by atoms with van der Waals surface area (Å²) in [4.78, 5) is 11.4. The molecule has 1 aromatic heterocycles. The molecule has 3 aromatic carbocycles. The molecular weight excluding hydrogens is 459 g/mol. The molecule has 1 fully saturated rings. The average Bonchev–Trinajstić information content (AvgIpc) is 3.17. The zero-order valence-corrected chi connectivity index (χ0v) is 18.8. The van der Waals surface area contributed by atoms with Gasteiger partial charge in [0.1, 0.15) is 11.6 Å². The van der Waals surface area contributed by atoms with Crippen molar-refractivity contribution in [3.05, 3.63) is 83.3 Å². The predicted molar refractivity (Wildman–Crippen MR) is 125 cm³/mol. The van der Waals surface area contributed by atoms with Crippen LogP contribution in [0.1, 0.15) is 35.8 Å². The highest BCUT2D eigenvalue weighted by Gasteiger charge is 2.38. The van der Waals surface area contributed by atoms with Gasteiger partial charge < -0.3 is 19.5 Å². The minimum absolute atomic E-state index is 0.0853. The number of benzene rings is 3. The van der Waals surface area contributed by atoms with Gasteiger partial charge in [0.2, 0.25) is 0 Å². The molecule has 4 aromatic rings. The van der Waals surface area contributed by atoms with Crippen LogP contribution in [0.25, 0.3) is 27.7 Å². The summed E-state index contributed by atoms with van der Waals surface area (Å²) in [7, 11) is 0. The second-order valence-corrected chi connectivity index (χ2v) is 9.08. The van der Waals surface area contributed by atoms with Gasteiger partial charge in [-0.2, -0.15) is 0 Å². The molecule has 1 aliphatic heterocycles. The Morgan fingerprint density at radius 1 is 1.03 bits per heavy atom. The van der Waals surface area contributed by atoms with Gasteiger partial charge in [0, 0.05) is 41.1 Å². The quantitative estimate of drug-likeness (QED) is 0.365. The van der Waals surface area contributed by atoms with Crippen molar-refractivity contribution in [2.45, 2.75) is 25.2 Å². The first-order chi connectivity index (χ1) is 16.7. The zero-order chi connectivity index (χ0) is 24.9. The van der Waals surface area contributed by atoms with Crippen molar-refractivity contribution in [2.24, 2.45) is 0 Å². The summed E-state index contributed by atoms with van der Waals surface area (Å²) in [5.74, 6) is -4.18. The highest BCUT2D eigenvalue weighted by molar-refractivity contribution is 6.04. The minimum Gasteiger partial charge on any atom is -0.507 e. The summed E-state index contributed by atoms with van der Waals surface area (Å²) >= 11 is 0. The van der Waals surface area contributed by atoms with Crippen LogP contribution >= 0.6 is 0 Å². The van der Waals surface area contributed by atoms with E-state index in [2.05, 4.69) is 0 Å². The number of phenols is 1. The van der Waals surface area contributed by atoms with Crippen LogP contribution in [0.4, 0.5) is 13.2 Å². The van der Waals surface area contributed by atoms with Crippen LogP contribution in [0.5, 0.6) is 5.75 Å². The standard InChI is InChI=1S/C27H22F3NO4/c1-27(9-2-10-35-14-27)25-23(15-3-5-16(6-4-15)26(33)34)24-21(11-17(28)12-22(24)32)31(25)18-7-8-19(29)20(30)13-18/h3-8,11-13,32H,2,9-10,14H2,1H3,(H,33,34). The molecule has 35 heavy (non-hydrogen) atoms.